The zero-order valence-corrected chi connectivity index (χ0v) is 19.2. The van der Waals surface area contributed by atoms with Crippen LogP contribution in [0.15, 0.2) is 51.2 Å². The van der Waals surface area contributed by atoms with Crippen molar-refractivity contribution in [1.29, 1.82) is 0 Å². The number of sulfonamides is 1. The van der Waals surface area contributed by atoms with Gasteiger partial charge >= 0.3 is 0 Å². The quantitative estimate of drug-likeness (QED) is 0.354. The number of primary sulfonamides is 1. The molecule has 3 rings (SSSR count). The molecule has 0 spiro atoms. The fraction of sp³-hybridized carbons (Fsp3) is 0.250. The van der Waals surface area contributed by atoms with Gasteiger partial charge in [0, 0.05) is 30.5 Å². The molecular formula is C20H20F2N4O5S2. The summed E-state index contributed by atoms with van der Waals surface area (Å²) >= 11 is 0.938. The van der Waals surface area contributed by atoms with E-state index in [0.29, 0.717) is 0 Å². The smallest absolute Gasteiger partial charge is 0.250 e. The van der Waals surface area contributed by atoms with Gasteiger partial charge in [-0.15, -0.1) is 0 Å². The minimum atomic E-state index is -4.24. The minimum absolute atomic E-state index is 0.00317. The van der Waals surface area contributed by atoms with Crippen LogP contribution in [-0.2, 0) is 22.8 Å². The Morgan fingerprint density at radius 1 is 1.24 bits per heavy atom. The Labute approximate surface area is 192 Å². The van der Waals surface area contributed by atoms with E-state index in [9.17, 15) is 27.1 Å². The van der Waals surface area contributed by atoms with Crippen LogP contribution in [0.3, 0.4) is 0 Å². The number of hydrogen-bond acceptors (Lipinski definition) is 8. The summed E-state index contributed by atoms with van der Waals surface area (Å²) in [5, 5.41) is 14.7. The van der Waals surface area contributed by atoms with Crippen LogP contribution in [0.4, 0.5) is 8.78 Å². The molecule has 2 heterocycles. The fourth-order valence-electron chi connectivity index (χ4n) is 2.84. The molecule has 1 aromatic carbocycles. The Morgan fingerprint density at radius 3 is 2.64 bits per heavy atom. The molecule has 1 atom stereocenters. The summed E-state index contributed by atoms with van der Waals surface area (Å²) in [4.78, 5) is 20.3. The van der Waals surface area contributed by atoms with Crippen molar-refractivity contribution in [3.8, 4) is 17.3 Å². The van der Waals surface area contributed by atoms with E-state index in [1.807, 2.05) is 0 Å². The Morgan fingerprint density at radius 2 is 1.97 bits per heavy atom. The monoisotopic (exact) mass is 498 g/mol. The average Bonchev–Trinajstić information content (AvgIpc) is 2.75. The van der Waals surface area contributed by atoms with Gasteiger partial charge in [0.05, 0.1) is 18.0 Å². The normalized spacial score (nSPS) is 12.5. The number of halogens is 2. The SMILES string of the molecule is C[C@H](CO)Oc1cc(-c2c(S(N)(=O)=O)ccc(=O)n2C)nc(SCc2cccc(F)c2F)n1. The number of aromatic nitrogens is 3. The van der Waals surface area contributed by atoms with Crippen molar-refractivity contribution in [3.63, 3.8) is 0 Å². The van der Waals surface area contributed by atoms with Crippen LogP contribution in [0.25, 0.3) is 11.4 Å². The Kier molecular flexibility index (Phi) is 7.47. The topological polar surface area (TPSA) is 137 Å². The summed E-state index contributed by atoms with van der Waals surface area (Å²) in [5.41, 5.74) is -0.556. The van der Waals surface area contributed by atoms with Crippen LogP contribution in [-0.4, -0.2) is 40.8 Å². The molecule has 3 aromatic rings. The molecule has 13 heteroatoms. The predicted octanol–water partition coefficient (Wildman–Crippen LogP) is 1.82. The fourth-order valence-corrected chi connectivity index (χ4v) is 4.43. The lowest BCUT2D eigenvalue weighted by atomic mass is 10.2. The number of thioether (sulfide) groups is 1. The van der Waals surface area contributed by atoms with Gasteiger partial charge in [0.15, 0.2) is 16.8 Å². The first-order chi connectivity index (χ1) is 15.5. The second-order valence-corrected chi connectivity index (χ2v) is 9.45. The van der Waals surface area contributed by atoms with Gasteiger partial charge in [-0.05, 0) is 19.1 Å². The Bertz CT molecular complexity index is 1350. The molecule has 0 radical (unpaired) electrons. The van der Waals surface area contributed by atoms with Crippen molar-refractivity contribution >= 4 is 21.8 Å². The van der Waals surface area contributed by atoms with Crippen LogP contribution in [0, 0.1) is 11.6 Å². The van der Waals surface area contributed by atoms with Gasteiger partial charge < -0.3 is 14.4 Å². The molecule has 0 unspecified atom stereocenters. The minimum Gasteiger partial charge on any atom is -0.472 e. The number of nitrogens with zero attached hydrogens (tertiary/aromatic N) is 3. The maximum absolute atomic E-state index is 14.0. The highest BCUT2D eigenvalue weighted by Crippen LogP contribution is 2.30. The number of hydrogen-bond donors (Lipinski definition) is 2. The predicted molar refractivity (Wildman–Crippen MR) is 117 cm³/mol. The second-order valence-electron chi connectivity index (χ2n) is 6.98. The Balaban J connectivity index is 2.13. The Hall–Kier alpha value is -2.87. The molecule has 33 heavy (non-hydrogen) atoms. The van der Waals surface area contributed by atoms with Crippen molar-refractivity contribution in [1.82, 2.24) is 14.5 Å². The molecular weight excluding hydrogens is 478 g/mol. The lowest BCUT2D eigenvalue weighted by Gasteiger charge is -2.16. The molecule has 2 aromatic heterocycles. The van der Waals surface area contributed by atoms with Crippen molar-refractivity contribution in [2.75, 3.05) is 6.61 Å². The maximum atomic E-state index is 14.0. The zero-order valence-electron chi connectivity index (χ0n) is 17.5. The molecule has 176 valence electrons. The number of benzene rings is 1. The highest BCUT2D eigenvalue weighted by atomic mass is 32.2. The second kappa shape index (κ2) is 9.95. The third-order valence-electron chi connectivity index (χ3n) is 4.48. The summed E-state index contributed by atoms with van der Waals surface area (Å²) in [5.74, 6) is -2.08. The van der Waals surface area contributed by atoms with E-state index in [4.69, 9.17) is 9.88 Å². The first-order valence-electron chi connectivity index (χ1n) is 9.46. The van der Waals surface area contributed by atoms with Crippen LogP contribution >= 0.6 is 11.8 Å². The summed E-state index contributed by atoms with van der Waals surface area (Å²) < 4.78 is 58.4. The van der Waals surface area contributed by atoms with Gasteiger partial charge in [-0.1, -0.05) is 23.9 Å². The van der Waals surface area contributed by atoms with Crippen molar-refractivity contribution in [3.05, 3.63) is 63.9 Å². The summed E-state index contributed by atoms with van der Waals surface area (Å²) in [6, 6.07) is 7.18. The molecule has 0 fully saturated rings. The lowest BCUT2D eigenvalue weighted by molar-refractivity contribution is 0.124. The van der Waals surface area contributed by atoms with E-state index in [0.717, 1.165) is 34.5 Å². The van der Waals surface area contributed by atoms with Crippen LogP contribution in [0.2, 0.25) is 0 Å². The molecule has 0 saturated carbocycles. The van der Waals surface area contributed by atoms with Crippen LogP contribution in [0.1, 0.15) is 12.5 Å². The number of nitrogens with two attached hydrogens (primary N) is 1. The number of aliphatic hydroxyl groups excluding tert-OH is 1. The van der Waals surface area contributed by atoms with Crippen molar-refractivity contribution < 1.29 is 27.0 Å². The largest absolute Gasteiger partial charge is 0.472 e. The summed E-state index contributed by atoms with van der Waals surface area (Å²) in [6.07, 6.45) is -0.663. The standard InChI is InChI=1S/C20H20F2N4O5S2/c1-11(9-27)31-16-8-14(19-15(33(23,29)30)6-7-17(28)26(19)2)24-20(25-16)32-10-12-4-3-5-13(21)18(12)22/h3-8,11,27H,9-10H2,1-2H3,(H2,23,29,30)/t11-/m1/s1. The maximum Gasteiger partial charge on any atom is 0.250 e. The van der Waals surface area contributed by atoms with E-state index < -0.39 is 33.3 Å². The average molecular weight is 499 g/mol. The van der Waals surface area contributed by atoms with Gasteiger partial charge in [-0.25, -0.2) is 27.3 Å². The number of aliphatic hydroxyl groups is 1. The van der Waals surface area contributed by atoms with Gasteiger partial charge in [0.25, 0.3) is 5.56 Å². The van der Waals surface area contributed by atoms with E-state index in [1.54, 1.807) is 6.92 Å². The third-order valence-corrected chi connectivity index (χ3v) is 6.31. The number of rotatable bonds is 8. The lowest BCUT2D eigenvalue weighted by Crippen LogP contribution is -2.23. The van der Waals surface area contributed by atoms with Crippen molar-refractivity contribution in [2.45, 2.75) is 28.8 Å². The molecule has 0 amide bonds. The highest BCUT2D eigenvalue weighted by molar-refractivity contribution is 7.98. The summed E-state index contributed by atoms with van der Waals surface area (Å²) in [7, 11) is -2.89. The van der Waals surface area contributed by atoms with E-state index in [1.165, 1.54) is 25.2 Å². The molecule has 0 aliphatic rings. The van der Waals surface area contributed by atoms with Gasteiger partial charge in [0.1, 0.15) is 11.0 Å². The molecule has 0 bridgehead atoms. The van der Waals surface area contributed by atoms with Gasteiger partial charge in [0.2, 0.25) is 15.9 Å². The van der Waals surface area contributed by atoms with Crippen molar-refractivity contribution in [2.24, 2.45) is 12.2 Å². The first-order valence-corrected chi connectivity index (χ1v) is 12.0. The molecule has 3 N–H and O–H groups in total. The summed E-state index contributed by atoms with van der Waals surface area (Å²) in [6.45, 7) is 1.24. The number of ether oxygens (including phenoxy) is 1. The van der Waals surface area contributed by atoms with Gasteiger partial charge in [-0.2, -0.15) is 4.98 Å². The molecule has 0 aliphatic carbocycles. The first kappa shape index (κ1) is 24.8. The molecule has 9 nitrogen and oxygen atoms in total. The number of pyridine rings is 1. The third kappa shape index (κ3) is 5.74. The molecule has 0 aliphatic heterocycles. The van der Waals surface area contributed by atoms with Gasteiger partial charge in [-0.3, -0.25) is 4.79 Å². The molecule has 0 saturated heterocycles. The van der Waals surface area contributed by atoms with E-state index >= 15 is 0 Å². The van der Waals surface area contributed by atoms with E-state index in [2.05, 4.69) is 9.97 Å². The highest BCUT2D eigenvalue weighted by Gasteiger charge is 2.22. The van der Waals surface area contributed by atoms with E-state index in [-0.39, 0.29) is 45.2 Å². The van der Waals surface area contributed by atoms with Crippen LogP contribution in [0.5, 0.6) is 5.88 Å². The van der Waals surface area contributed by atoms with Crippen LogP contribution < -0.4 is 15.4 Å². The zero-order chi connectivity index (χ0) is 24.3.